The Morgan fingerprint density at radius 3 is 2.58 bits per heavy atom. The number of nitrogens with two attached hydrogens (primary N) is 1. The molecule has 130 valence electrons. The Morgan fingerprint density at radius 2 is 1.88 bits per heavy atom. The lowest BCUT2D eigenvalue weighted by Gasteiger charge is -2.35. The SMILES string of the molecule is NC(=O)C[C@@H]1CCCCN1C(=O)c1cc(Cl)nc(N2CCCC2)c1. The Balaban J connectivity index is 1.83. The number of piperidine rings is 1. The third-order valence-corrected chi connectivity index (χ3v) is 4.98. The average molecular weight is 351 g/mol. The van der Waals surface area contributed by atoms with Crippen molar-refractivity contribution in [1.29, 1.82) is 0 Å². The van der Waals surface area contributed by atoms with Gasteiger partial charge in [-0.25, -0.2) is 4.98 Å². The number of pyridine rings is 1. The molecule has 0 aromatic carbocycles. The molecule has 3 rings (SSSR count). The van der Waals surface area contributed by atoms with E-state index >= 15 is 0 Å². The number of rotatable bonds is 4. The van der Waals surface area contributed by atoms with Crippen LogP contribution in [0.4, 0.5) is 5.82 Å². The predicted octanol–water partition coefficient (Wildman–Crippen LogP) is 2.21. The molecule has 7 heteroatoms. The van der Waals surface area contributed by atoms with E-state index in [1.807, 2.05) is 6.07 Å². The molecule has 0 spiro atoms. The average Bonchev–Trinajstić information content (AvgIpc) is 3.08. The lowest BCUT2D eigenvalue weighted by molar-refractivity contribution is -0.119. The lowest BCUT2D eigenvalue weighted by Crippen LogP contribution is -2.45. The summed E-state index contributed by atoms with van der Waals surface area (Å²) in [5.74, 6) is 0.294. The largest absolute Gasteiger partial charge is 0.370 e. The molecule has 3 heterocycles. The van der Waals surface area contributed by atoms with Gasteiger partial charge in [0.25, 0.3) is 5.91 Å². The second-order valence-electron chi connectivity index (χ2n) is 6.55. The standard InChI is InChI=1S/C17H23ClN4O2/c18-14-9-12(10-16(20-14)21-6-3-4-7-21)17(24)22-8-2-1-5-13(22)11-15(19)23/h9-10,13H,1-8,11H2,(H2,19,23)/t13-/m0/s1. The van der Waals surface area contributed by atoms with Gasteiger partial charge in [0.1, 0.15) is 11.0 Å². The number of primary amides is 1. The van der Waals surface area contributed by atoms with Crippen molar-refractivity contribution >= 4 is 29.2 Å². The summed E-state index contributed by atoms with van der Waals surface area (Å²) < 4.78 is 0. The summed E-state index contributed by atoms with van der Waals surface area (Å²) in [4.78, 5) is 32.6. The molecule has 2 aliphatic heterocycles. The first-order chi connectivity index (χ1) is 11.5. The minimum absolute atomic E-state index is 0.0919. The molecule has 0 bridgehead atoms. The minimum atomic E-state index is -0.370. The van der Waals surface area contributed by atoms with Crippen molar-refractivity contribution in [3.63, 3.8) is 0 Å². The molecule has 6 nitrogen and oxygen atoms in total. The molecule has 0 radical (unpaired) electrons. The maximum Gasteiger partial charge on any atom is 0.254 e. The van der Waals surface area contributed by atoms with Crippen LogP contribution >= 0.6 is 11.6 Å². The van der Waals surface area contributed by atoms with Crippen LogP contribution in [0.2, 0.25) is 5.15 Å². The Hall–Kier alpha value is -1.82. The molecular weight excluding hydrogens is 328 g/mol. The summed E-state index contributed by atoms with van der Waals surface area (Å²) in [5, 5.41) is 0.325. The van der Waals surface area contributed by atoms with Crippen LogP contribution in [0.15, 0.2) is 12.1 Å². The fourth-order valence-electron chi connectivity index (χ4n) is 3.59. The highest BCUT2D eigenvalue weighted by molar-refractivity contribution is 6.29. The highest BCUT2D eigenvalue weighted by Gasteiger charge is 2.29. The van der Waals surface area contributed by atoms with Crippen LogP contribution in [-0.2, 0) is 4.79 Å². The van der Waals surface area contributed by atoms with Crippen LogP contribution in [0.5, 0.6) is 0 Å². The van der Waals surface area contributed by atoms with Gasteiger partial charge >= 0.3 is 0 Å². The van der Waals surface area contributed by atoms with Gasteiger partial charge in [-0.05, 0) is 44.2 Å². The number of aromatic nitrogens is 1. The summed E-state index contributed by atoms with van der Waals surface area (Å²) in [6.07, 6.45) is 5.24. The first kappa shape index (κ1) is 17.0. The van der Waals surface area contributed by atoms with E-state index in [0.717, 1.165) is 51.0 Å². The van der Waals surface area contributed by atoms with E-state index < -0.39 is 0 Å². The quantitative estimate of drug-likeness (QED) is 0.844. The van der Waals surface area contributed by atoms with Gasteiger partial charge < -0.3 is 15.5 Å². The molecule has 1 aromatic rings. The number of anilines is 1. The molecule has 2 amide bonds. The van der Waals surface area contributed by atoms with Crippen LogP contribution in [0.1, 0.15) is 48.9 Å². The number of nitrogens with zero attached hydrogens (tertiary/aromatic N) is 3. The van der Waals surface area contributed by atoms with Crippen molar-refractivity contribution in [3.8, 4) is 0 Å². The van der Waals surface area contributed by atoms with E-state index in [0.29, 0.717) is 17.3 Å². The molecule has 2 fully saturated rings. The Bertz CT molecular complexity index is 631. The molecule has 1 aromatic heterocycles. The van der Waals surface area contributed by atoms with Crippen LogP contribution < -0.4 is 10.6 Å². The van der Waals surface area contributed by atoms with Gasteiger partial charge in [0.2, 0.25) is 5.91 Å². The van der Waals surface area contributed by atoms with Crippen molar-refractivity contribution in [2.75, 3.05) is 24.5 Å². The van der Waals surface area contributed by atoms with E-state index in [4.69, 9.17) is 17.3 Å². The van der Waals surface area contributed by atoms with Crippen LogP contribution in [0, 0.1) is 0 Å². The summed E-state index contributed by atoms with van der Waals surface area (Å²) in [5.41, 5.74) is 5.88. The Morgan fingerprint density at radius 1 is 1.17 bits per heavy atom. The molecule has 24 heavy (non-hydrogen) atoms. The smallest absolute Gasteiger partial charge is 0.254 e. The number of carbonyl (C=O) groups is 2. The van der Waals surface area contributed by atoms with Crippen molar-refractivity contribution in [2.45, 2.75) is 44.6 Å². The molecule has 0 unspecified atom stereocenters. The zero-order valence-electron chi connectivity index (χ0n) is 13.7. The number of halogens is 1. The number of likely N-dealkylation sites (tertiary alicyclic amines) is 1. The maximum atomic E-state index is 13.0. The number of hydrogen-bond acceptors (Lipinski definition) is 4. The number of carbonyl (C=O) groups excluding carboxylic acids is 2. The van der Waals surface area contributed by atoms with E-state index in [2.05, 4.69) is 9.88 Å². The summed E-state index contributed by atoms with van der Waals surface area (Å²) >= 11 is 6.15. The second kappa shape index (κ2) is 7.38. The fraction of sp³-hybridized carbons (Fsp3) is 0.588. The minimum Gasteiger partial charge on any atom is -0.370 e. The molecule has 2 N–H and O–H groups in total. The Labute approximate surface area is 147 Å². The third kappa shape index (κ3) is 3.80. The molecule has 0 saturated carbocycles. The highest BCUT2D eigenvalue weighted by atomic mass is 35.5. The van der Waals surface area contributed by atoms with Crippen LogP contribution in [0.3, 0.4) is 0 Å². The molecular formula is C17H23ClN4O2. The second-order valence-corrected chi connectivity index (χ2v) is 6.94. The fourth-order valence-corrected chi connectivity index (χ4v) is 3.80. The zero-order chi connectivity index (χ0) is 17.1. The van der Waals surface area contributed by atoms with Crippen molar-refractivity contribution in [3.05, 3.63) is 22.8 Å². The van der Waals surface area contributed by atoms with Gasteiger partial charge in [0, 0.05) is 37.7 Å². The zero-order valence-corrected chi connectivity index (χ0v) is 14.5. The summed E-state index contributed by atoms with van der Waals surface area (Å²) in [6.45, 7) is 2.53. The van der Waals surface area contributed by atoms with Crippen LogP contribution in [-0.4, -0.2) is 47.4 Å². The van der Waals surface area contributed by atoms with Gasteiger partial charge in [-0.1, -0.05) is 11.6 Å². The van der Waals surface area contributed by atoms with E-state index in [-0.39, 0.29) is 24.3 Å². The first-order valence-corrected chi connectivity index (χ1v) is 8.94. The van der Waals surface area contributed by atoms with Crippen molar-refractivity contribution in [1.82, 2.24) is 9.88 Å². The highest BCUT2D eigenvalue weighted by Crippen LogP contribution is 2.26. The lowest BCUT2D eigenvalue weighted by atomic mass is 9.98. The molecule has 1 atom stereocenters. The van der Waals surface area contributed by atoms with E-state index in [9.17, 15) is 9.59 Å². The number of amides is 2. The van der Waals surface area contributed by atoms with Crippen LogP contribution in [0.25, 0.3) is 0 Å². The first-order valence-electron chi connectivity index (χ1n) is 8.56. The van der Waals surface area contributed by atoms with E-state index in [1.165, 1.54) is 0 Å². The molecule has 0 aliphatic carbocycles. The predicted molar refractivity (Wildman–Crippen MR) is 93.2 cm³/mol. The van der Waals surface area contributed by atoms with Gasteiger partial charge in [-0.15, -0.1) is 0 Å². The maximum absolute atomic E-state index is 13.0. The number of hydrogen-bond donors (Lipinski definition) is 1. The van der Waals surface area contributed by atoms with Crippen molar-refractivity contribution in [2.24, 2.45) is 5.73 Å². The topological polar surface area (TPSA) is 79.5 Å². The van der Waals surface area contributed by atoms with E-state index in [1.54, 1.807) is 11.0 Å². The Kier molecular flexibility index (Phi) is 5.23. The summed E-state index contributed by atoms with van der Waals surface area (Å²) in [6, 6.07) is 3.31. The van der Waals surface area contributed by atoms with Gasteiger partial charge in [0.05, 0.1) is 0 Å². The monoisotopic (exact) mass is 350 g/mol. The van der Waals surface area contributed by atoms with Gasteiger partial charge in [0.15, 0.2) is 0 Å². The summed E-state index contributed by atoms with van der Waals surface area (Å²) in [7, 11) is 0. The van der Waals surface area contributed by atoms with Crippen molar-refractivity contribution < 1.29 is 9.59 Å². The van der Waals surface area contributed by atoms with Gasteiger partial charge in [-0.3, -0.25) is 9.59 Å². The molecule has 2 saturated heterocycles. The normalized spacial score (nSPS) is 21.1. The van der Waals surface area contributed by atoms with Gasteiger partial charge in [-0.2, -0.15) is 0 Å². The third-order valence-electron chi connectivity index (χ3n) is 4.78. The molecule has 2 aliphatic rings.